The number of carbonyl (C=O) groups excluding carboxylic acids is 6. The van der Waals surface area contributed by atoms with Crippen LogP contribution in [0.3, 0.4) is 0 Å². The second-order valence-corrected chi connectivity index (χ2v) is 18.3. The van der Waals surface area contributed by atoms with E-state index in [4.69, 9.17) is 19.4 Å². The van der Waals surface area contributed by atoms with Crippen molar-refractivity contribution in [2.75, 3.05) is 27.3 Å². The second-order valence-electron chi connectivity index (χ2n) is 18.3. The molecular formula is C54H58N8O8. The summed E-state index contributed by atoms with van der Waals surface area (Å²) in [7, 11) is 2.51. The molecule has 8 rings (SSSR count). The summed E-state index contributed by atoms with van der Waals surface area (Å²) in [6.45, 7) is 8.30. The fourth-order valence-electron chi connectivity index (χ4n) is 9.48. The summed E-state index contributed by atoms with van der Waals surface area (Å²) in [5.41, 5.74) is 5.32. The lowest BCUT2D eigenvalue weighted by Crippen LogP contribution is -2.51. The van der Waals surface area contributed by atoms with E-state index in [0.29, 0.717) is 72.9 Å². The number of hydrogen-bond acceptors (Lipinski definition) is 10. The number of nitrogens with zero attached hydrogens (tertiary/aromatic N) is 6. The lowest BCUT2D eigenvalue weighted by Gasteiger charge is -2.30. The zero-order valence-electron chi connectivity index (χ0n) is 40.2. The van der Waals surface area contributed by atoms with Gasteiger partial charge in [0.05, 0.1) is 50.1 Å². The van der Waals surface area contributed by atoms with Crippen LogP contribution in [-0.4, -0.2) is 104 Å². The van der Waals surface area contributed by atoms with E-state index in [0.717, 1.165) is 22.3 Å². The summed E-state index contributed by atoms with van der Waals surface area (Å²) < 4.78 is 12.8. The van der Waals surface area contributed by atoms with E-state index in [1.807, 2.05) is 88.4 Å². The minimum Gasteiger partial charge on any atom is -0.453 e. The Balaban J connectivity index is 1.10. The number of ether oxygens (including phenoxy) is 2. The molecule has 2 aliphatic heterocycles. The molecule has 6 aromatic rings. The van der Waals surface area contributed by atoms with Gasteiger partial charge >= 0.3 is 12.2 Å². The molecule has 4 amide bonds. The average Bonchev–Trinajstić information content (AvgIpc) is 4.23. The largest absolute Gasteiger partial charge is 0.453 e. The molecule has 70 heavy (non-hydrogen) atoms. The van der Waals surface area contributed by atoms with Gasteiger partial charge in [0.1, 0.15) is 23.7 Å². The summed E-state index contributed by atoms with van der Waals surface area (Å²) >= 11 is 0. The van der Waals surface area contributed by atoms with Gasteiger partial charge in [0.15, 0.2) is 0 Å². The molecule has 0 radical (unpaired) electrons. The number of alkyl carbamates (subject to hydrolysis) is 2. The Kier molecular flexibility index (Phi) is 14.7. The van der Waals surface area contributed by atoms with Crippen molar-refractivity contribution in [3.8, 4) is 33.6 Å². The molecule has 2 fully saturated rings. The first-order valence-corrected chi connectivity index (χ1v) is 23.7. The van der Waals surface area contributed by atoms with Crippen LogP contribution >= 0.6 is 0 Å². The van der Waals surface area contributed by atoms with Crippen LogP contribution in [-0.2, 0) is 19.1 Å². The van der Waals surface area contributed by atoms with Gasteiger partial charge in [0, 0.05) is 35.3 Å². The molecule has 2 N–H and O–H groups in total. The van der Waals surface area contributed by atoms with E-state index in [2.05, 4.69) is 10.6 Å². The highest BCUT2D eigenvalue weighted by Gasteiger charge is 2.41. The SMILES string of the molecule is COC(=O)N[C@H](C(=O)N1CCC[C@@H]1c1ncc(-c2ccc(-c3ccc(-c4cnc([C@H]5CCCN5C(=O)[C@@H](NC(=O)OC)C(C)C)n4C(=O)c4ccccc4)cc3)cc2)n1C(=O)c1ccccc1)C(C)C. The lowest BCUT2D eigenvalue weighted by atomic mass is 10.0. The highest BCUT2D eigenvalue weighted by Crippen LogP contribution is 2.38. The molecule has 16 nitrogen and oxygen atoms in total. The van der Waals surface area contributed by atoms with Gasteiger partial charge in [0.25, 0.3) is 11.8 Å². The van der Waals surface area contributed by atoms with Gasteiger partial charge in [0.2, 0.25) is 11.8 Å². The molecule has 4 heterocycles. The molecule has 4 atom stereocenters. The molecule has 0 saturated carbocycles. The summed E-state index contributed by atoms with van der Waals surface area (Å²) in [6, 6.07) is 30.8. The third-order valence-corrected chi connectivity index (χ3v) is 13.2. The predicted molar refractivity (Wildman–Crippen MR) is 262 cm³/mol. The van der Waals surface area contributed by atoms with Crippen LogP contribution in [0.4, 0.5) is 9.59 Å². The number of amides is 4. The fourth-order valence-corrected chi connectivity index (χ4v) is 9.48. The molecule has 362 valence electrons. The number of methoxy groups -OCH3 is 2. The molecule has 16 heteroatoms. The van der Waals surface area contributed by atoms with Gasteiger partial charge in [-0.15, -0.1) is 0 Å². The van der Waals surface area contributed by atoms with E-state index in [1.165, 1.54) is 14.2 Å². The number of rotatable bonds is 13. The van der Waals surface area contributed by atoms with Crippen LogP contribution < -0.4 is 10.6 Å². The Bertz CT molecular complexity index is 2660. The normalized spacial score (nSPS) is 16.5. The maximum absolute atomic E-state index is 14.5. The van der Waals surface area contributed by atoms with Crippen LogP contribution in [0.5, 0.6) is 0 Å². The molecule has 2 aromatic heterocycles. The fraction of sp³-hybridized carbons (Fsp3) is 0.333. The quantitative estimate of drug-likeness (QED) is 0.114. The summed E-state index contributed by atoms with van der Waals surface area (Å²) in [4.78, 5) is 94.7. The molecule has 0 unspecified atom stereocenters. The number of imidazole rings is 2. The molecule has 0 aliphatic carbocycles. The minimum absolute atomic E-state index is 0.224. The van der Waals surface area contributed by atoms with Gasteiger partial charge in [-0.2, -0.15) is 0 Å². The van der Waals surface area contributed by atoms with Crippen LogP contribution in [0.15, 0.2) is 122 Å². The van der Waals surface area contributed by atoms with Gasteiger partial charge in [-0.25, -0.2) is 19.6 Å². The van der Waals surface area contributed by atoms with Crippen molar-refractivity contribution < 1.29 is 38.2 Å². The first kappa shape index (κ1) is 48.6. The first-order valence-electron chi connectivity index (χ1n) is 23.7. The van der Waals surface area contributed by atoms with Crippen molar-refractivity contribution in [2.24, 2.45) is 11.8 Å². The van der Waals surface area contributed by atoms with Crippen LogP contribution in [0.2, 0.25) is 0 Å². The average molecular weight is 947 g/mol. The van der Waals surface area contributed by atoms with Gasteiger partial charge in [-0.3, -0.25) is 28.3 Å². The monoisotopic (exact) mass is 946 g/mol. The summed E-state index contributed by atoms with van der Waals surface area (Å²) in [5.74, 6) is -0.689. The number of aromatic nitrogens is 4. The number of nitrogens with one attached hydrogen (secondary N) is 2. The Morgan fingerprint density at radius 3 is 1.19 bits per heavy atom. The zero-order valence-corrected chi connectivity index (χ0v) is 40.2. The van der Waals surface area contributed by atoms with E-state index < -0.39 is 36.4 Å². The van der Waals surface area contributed by atoms with Crippen molar-refractivity contribution >= 4 is 35.8 Å². The Labute approximate surface area is 407 Å². The maximum Gasteiger partial charge on any atom is 0.407 e. The van der Waals surface area contributed by atoms with Crippen molar-refractivity contribution in [1.29, 1.82) is 0 Å². The standard InChI is InChI=1S/C54H58N8O8/c1-33(2)45(57-53(67)69-5)51(65)59-29-13-19-41(59)47-55-31-43(61(47)49(63)39-15-9-7-10-16-39)37-25-21-35(22-26-37)36-23-27-38(28-24-36)44-32-56-48(62(44)50(64)40-17-11-8-12-18-40)42-20-14-30-60(42)52(66)46(34(3)4)58-54(68)70-6/h7-12,15-18,21-28,31-34,41-42,45-46H,13-14,19-20,29-30H2,1-6H3,(H,57,67)(H,58,68)/t41-,42-,45+,46+/m1/s1. The molecule has 2 aliphatic rings. The van der Waals surface area contributed by atoms with Gasteiger partial charge in [-0.05, 0) is 72.9 Å². The predicted octanol–water partition coefficient (Wildman–Crippen LogP) is 8.55. The Hall–Kier alpha value is -7.88. The summed E-state index contributed by atoms with van der Waals surface area (Å²) in [6.07, 6.45) is 4.50. The molecule has 0 spiro atoms. The van der Waals surface area contributed by atoms with Gasteiger partial charge in [-0.1, -0.05) is 113 Å². The highest BCUT2D eigenvalue weighted by molar-refractivity contribution is 6.00. The van der Waals surface area contributed by atoms with E-state index in [9.17, 15) is 28.8 Å². The minimum atomic E-state index is -0.833. The van der Waals surface area contributed by atoms with Crippen LogP contribution in [0.25, 0.3) is 33.6 Å². The molecule has 4 aromatic carbocycles. The van der Waals surface area contributed by atoms with E-state index in [1.54, 1.807) is 79.9 Å². The molecule has 2 saturated heterocycles. The lowest BCUT2D eigenvalue weighted by molar-refractivity contribution is -0.136. The Morgan fingerprint density at radius 1 is 0.514 bits per heavy atom. The van der Waals surface area contributed by atoms with Crippen molar-refractivity contribution in [3.63, 3.8) is 0 Å². The smallest absolute Gasteiger partial charge is 0.407 e. The van der Waals surface area contributed by atoms with Crippen molar-refractivity contribution in [1.82, 2.24) is 39.5 Å². The van der Waals surface area contributed by atoms with Gasteiger partial charge < -0.3 is 29.9 Å². The maximum atomic E-state index is 14.5. The number of hydrogen-bond donors (Lipinski definition) is 2. The highest BCUT2D eigenvalue weighted by atomic mass is 16.5. The topological polar surface area (TPSA) is 187 Å². The molecule has 0 bridgehead atoms. The number of benzene rings is 4. The first-order chi connectivity index (χ1) is 33.8. The van der Waals surface area contributed by atoms with Crippen molar-refractivity contribution in [3.05, 3.63) is 144 Å². The Morgan fingerprint density at radius 2 is 0.857 bits per heavy atom. The molecular weight excluding hydrogens is 889 g/mol. The third-order valence-electron chi connectivity index (χ3n) is 13.2. The van der Waals surface area contributed by atoms with Crippen LogP contribution in [0, 0.1) is 11.8 Å². The zero-order chi connectivity index (χ0) is 49.6. The van der Waals surface area contributed by atoms with Crippen LogP contribution in [0.1, 0.15) is 97.8 Å². The number of likely N-dealkylation sites (tertiary alicyclic amines) is 2. The van der Waals surface area contributed by atoms with Crippen molar-refractivity contribution in [2.45, 2.75) is 77.5 Å². The number of carbonyl (C=O) groups is 6. The third kappa shape index (κ3) is 9.84. The van der Waals surface area contributed by atoms with E-state index in [-0.39, 0.29) is 35.5 Å². The van der Waals surface area contributed by atoms with E-state index >= 15 is 0 Å². The summed E-state index contributed by atoms with van der Waals surface area (Å²) in [5, 5.41) is 5.38. The second kappa shape index (κ2) is 21.2.